The van der Waals surface area contributed by atoms with Crippen molar-refractivity contribution in [1.82, 2.24) is 5.73 Å². The number of rotatable bonds is 5. The van der Waals surface area contributed by atoms with Crippen LogP contribution in [0, 0.1) is 5.92 Å². The van der Waals surface area contributed by atoms with Crippen molar-refractivity contribution in [2.75, 3.05) is 6.54 Å². The maximum Gasteiger partial charge on any atom is 0.416 e. The Hall–Kier alpha value is -2.01. The summed E-state index contributed by atoms with van der Waals surface area (Å²) in [6.07, 6.45) is -1.14. The van der Waals surface area contributed by atoms with E-state index in [2.05, 4.69) is 6.07 Å². The van der Waals surface area contributed by atoms with Gasteiger partial charge in [-0.15, -0.1) is 0 Å². The molecule has 1 saturated carbocycles. The Morgan fingerprint density at radius 1 is 1.04 bits per heavy atom. The SMILES string of the molecule is [NH]CC1CCC(c2cccc(OCc3cccc(C(F)(F)F)c3)c2)C1. The summed E-state index contributed by atoms with van der Waals surface area (Å²) in [5, 5.41) is 0. The predicted molar refractivity (Wildman–Crippen MR) is 90.3 cm³/mol. The zero-order valence-electron chi connectivity index (χ0n) is 13.9. The van der Waals surface area contributed by atoms with Crippen LogP contribution in [-0.4, -0.2) is 6.54 Å². The summed E-state index contributed by atoms with van der Waals surface area (Å²) in [6, 6.07) is 13.0. The van der Waals surface area contributed by atoms with Gasteiger partial charge in [0.2, 0.25) is 0 Å². The van der Waals surface area contributed by atoms with E-state index in [-0.39, 0.29) is 6.61 Å². The monoisotopic (exact) mass is 348 g/mol. The predicted octanol–water partition coefficient (Wildman–Crippen LogP) is 5.45. The largest absolute Gasteiger partial charge is 0.489 e. The lowest BCUT2D eigenvalue weighted by Crippen LogP contribution is -2.06. The van der Waals surface area contributed by atoms with Gasteiger partial charge in [-0.05, 0) is 66.5 Å². The van der Waals surface area contributed by atoms with Crippen LogP contribution < -0.4 is 10.5 Å². The Morgan fingerprint density at radius 3 is 2.56 bits per heavy atom. The average molecular weight is 348 g/mol. The van der Waals surface area contributed by atoms with E-state index in [0.717, 1.165) is 31.4 Å². The molecule has 0 aliphatic heterocycles. The third-order valence-corrected chi connectivity index (χ3v) is 4.82. The van der Waals surface area contributed by atoms with Crippen molar-refractivity contribution in [2.24, 2.45) is 5.92 Å². The molecule has 25 heavy (non-hydrogen) atoms. The fraction of sp³-hybridized carbons (Fsp3) is 0.400. The highest BCUT2D eigenvalue weighted by atomic mass is 19.4. The number of alkyl halides is 3. The molecule has 1 N–H and O–H groups in total. The minimum absolute atomic E-state index is 0.105. The van der Waals surface area contributed by atoms with Crippen LogP contribution in [0.15, 0.2) is 48.5 Å². The molecule has 0 amide bonds. The Kier molecular flexibility index (Phi) is 5.33. The lowest BCUT2D eigenvalue weighted by atomic mass is 9.96. The summed E-state index contributed by atoms with van der Waals surface area (Å²) < 4.78 is 44.0. The molecule has 1 aliphatic carbocycles. The number of nitrogens with one attached hydrogen (secondary N) is 1. The highest BCUT2D eigenvalue weighted by Crippen LogP contribution is 2.38. The summed E-state index contributed by atoms with van der Waals surface area (Å²) in [6.45, 7) is 0.579. The van der Waals surface area contributed by atoms with Crippen LogP contribution in [0.5, 0.6) is 5.75 Å². The van der Waals surface area contributed by atoms with Crippen LogP contribution >= 0.6 is 0 Å². The molecule has 2 nitrogen and oxygen atoms in total. The lowest BCUT2D eigenvalue weighted by molar-refractivity contribution is -0.137. The number of halogens is 3. The Balaban J connectivity index is 1.65. The first-order chi connectivity index (χ1) is 12.0. The summed E-state index contributed by atoms with van der Waals surface area (Å²) in [5.74, 6) is 1.59. The van der Waals surface area contributed by atoms with Crippen LogP contribution in [0.1, 0.15) is 41.9 Å². The zero-order valence-corrected chi connectivity index (χ0v) is 13.9. The Bertz CT molecular complexity index is 714. The van der Waals surface area contributed by atoms with Crippen molar-refractivity contribution in [3.63, 3.8) is 0 Å². The van der Waals surface area contributed by atoms with Crippen molar-refractivity contribution < 1.29 is 17.9 Å². The molecule has 1 aliphatic rings. The molecule has 5 heteroatoms. The van der Waals surface area contributed by atoms with E-state index in [1.54, 1.807) is 6.07 Å². The van der Waals surface area contributed by atoms with Gasteiger partial charge in [0.25, 0.3) is 0 Å². The summed E-state index contributed by atoms with van der Waals surface area (Å²) >= 11 is 0. The molecule has 0 saturated heterocycles. The second-order valence-corrected chi connectivity index (χ2v) is 6.64. The van der Waals surface area contributed by atoms with Gasteiger partial charge in [0.05, 0.1) is 5.56 Å². The van der Waals surface area contributed by atoms with Crippen molar-refractivity contribution in [3.05, 3.63) is 65.2 Å². The first-order valence-corrected chi connectivity index (χ1v) is 8.49. The van der Waals surface area contributed by atoms with Gasteiger partial charge in [0.15, 0.2) is 0 Å². The van der Waals surface area contributed by atoms with Crippen molar-refractivity contribution in [2.45, 2.75) is 38.0 Å². The second-order valence-electron chi connectivity index (χ2n) is 6.64. The Labute approximate surface area is 145 Å². The maximum atomic E-state index is 12.8. The molecule has 2 unspecified atom stereocenters. The molecule has 1 radical (unpaired) electrons. The third-order valence-electron chi connectivity index (χ3n) is 4.82. The van der Waals surface area contributed by atoms with Crippen molar-refractivity contribution in [1.29, 1.82) is 0 Å². The van der Waals surface area contributed by atoms with Gasteiger partial charge in [-0.25, -0.2) is 0 Å². The number of hydrogen-bond acceptors (Lipinski definition) is 1. The summed E-state index contributed by atoms with van der Waals surface area (Å²) in [5.41, 5.74) is 8.54. The Morgan fingerprint density at radius 2 is 1.84 bits per heavy atom. The van der Waals surface area contributed by atoms with Gasteiger partial charge in [0, 0.05) is 6.54 Å². The normalized spacial score (nSPS) is 20.6. The van der Waals surface area contributed by atoms with E-state index >= 15 is 0 Å². The smallest absolute Gasteiger partial charge is 0.416 e. The molecular formula is C20H21F3NO. The fourth-order valence-corrected chi connectivity index (χ4v) is 3.43. The molecule has 2 aromatic carbocycles. The number of ether oxygens (including phenoxy) is 1. The molecule has 1 fully saturated rings. The zero-order chi connectivity index (χ0) is 17.9. The molecule has 0 bridgehead atoms. The molecule has 133 valence electrons. The average Bonchev–Trinajstić information content (AvgIpc) is 3.09. The molecule has 2 atom stereocenters. The minimum Gasteiger partial charge on any atom is -0.489 e. The van der Waals surface area contributed by atoms with Crippen LogP contribution in [-0.2, 0) is 12.8 Å². The summed E-state index contributed by atoms with van der Waals surface area (Å²) in [4.78, 5) is 0. The molecule has 0 aromatic heterocycles. The van der Waals surface area contributed by atoms with E-state index in [1.165, 1.54) is 11.6 Å². The van der Waals surface area contributed by atoms with E-state index in [9.17, 15) is 13.2 Å². The lowest BCUT2D eigenvalue weighted by Gasteiger charge is -2.13. The first-order valence-electron chi connectivity index (χ1n) is 8.49. The molecule has 0 heterocycles. The molecule has 0 spiro atoms. The van der Waals surface area contributed by atoms with E-state index in [0.29, 0.717) is 29.7 Å². The highest BCUT2D eigenvalue weighted by molar-refractivity contribution is 5.32. The number of benzene rings is 2. The van der Waals surface area contributed by atoms with Crippen LogP contribution in [0.25, 0.3) is 0 Å². The topological polar surface area (TPSA) is 33.0 Å². The fourth-order valence-electron chi connectivity index (χ4n) is 3.43. The van der Waals surface area contributed by atoms with Gasteiger partial charge in [0.1, 0.15) is 12.4 Å². The number of hydrogen-bond donors (Lipinski definition) is 0. The third kappa shape index (κ3) is 4.54. The van der Waals surface area contributed by atoms with E-state index in [1.807, 2.05) is 18.2 Å². The quantitative estimate of drug-likeness (QED) is 0.707. The van der Waals surface area contributed by atoms with Crippen LogP contribution in [0.4, 0.5) is 13.2 Å². The molecule has 2 aromatic rings. The van der Waals surface area contributed by atoms with Gasteiger partial charge >= 0.3 is 6.18 Å². The highest BCUT2D eigenvalue weighted by Gasteiger charge is 2.30. The molecule has 3 rings (SSSR count). The van der Waals surface area contributed by atoms with Crippen LogP contribution in [0.3, 0.4) is 0 Å². The van der Waals surface area contributed by atoms with Gasteiger partial charge in [-0.1, -0.05) is 24.3 Å². The van der Waals surface area contributed by atoms with Gasteiger partial charge in [-0.3, -0.25) is 5.73 Å². The van der Waals surface area contributed by atoms with E-state index in [4.69, 9.17) is 10.5 Å². The minimum atomic E-state index is -4.34. The second kappa shape index (κ2) is 7.48. The molecular weight excluding hydrogens is 327 g/mol. The maximum absolute atomic E-state index is 12.8. The van der Waals surface area contributed by atoms with Gasteiger partial charge < -0.3 is 4.74 Å². The van der Waals surface area contributed by atoms with Gasteiger partial charge in [-0.2, -0.15) is 13.2 Å². The van der Waals surface area contributed by atoms with Crippen LogP contribution in [0.2, 0.25) is 0 Å². The first kappa shape index (κ1) is 17.8. The summed E-state index contributed by atoms with van der Waals surface area (Å²) in [7, 11) is 0. The van der Waals surface area contributed by atoms with Crippen molar-refractivity contribution in [3.8, 4) is 5.75 Å². The van der Waals surface area contributed by atoms with E-state index < -0.39 is 11.7 Å². The van der Waals surface area contributed by atoms with Crippen molar-refractivity contribution >= 4 is 0 Å². The standard InChI is InChI=1S/C20H21F3NO/c21-20(22,23)18-5-1-3-15(10-18)13-25-19-6-2-4-16(11-19)17-8-7-14(9-17)12-24/h1-6,10-11,14,17,24H,7-9,12-13H2.